The first kappa shape index (κ1) is 25.4. The van der Waals surface area contributed by atoms with Gasteiger partial charge in [-0.3, -0.25) is 0 Å². The minimum Gasteiger partial charge on any atom is -0.0616 e. The summed E-state index contributed by atoms with van der Waals surface area (Å²) in [5, 5.41) is 18.1. The van der Waals surface area contributed by atoms with E-state index in [1.165, 1.54) is 97.7 Å². The molecule has 0 N–H and O–H groups in total. The molecule has 46 heavy (non-hydrogen) atoms. The van der Waals surface area contributed by atoms with Crippen molar-refractivity contribution < 1.29 is 0 Å². The van der Waals surface area contributed by atoms with Gasteiger partial charge in [0.25, 0.3) is 0 Å². The number of fused-ring (bicyclic) bond motifs is 11. The van der Waals surface area contributed by atoms with Gasteiger partial charge in [-0.05, 0) is 122 Å². The zero-order chi connectivity index (χ0) is 30.2. The van der Waals surface area contributed by atoms with Crippen molar-refractivity contribution in [2.75, 3.05) is 0 Å². The molecule has 0 radical (unpaired) electrons. The third-order valence-electron chi connectivity index (χ3n) is 9.96. The van der Waals surface area contributed by atoms with Crippen molar-refractivity contribution in [3.8, 4) is 22.3 Å². The minimum absolute atomic E-state index is 1.24. The molecule has 0 atom stereocenters. The Labute approximate surface area is 266 Å². The highest BCUT2D eigenvalue weighted by atomic mass is 14.2. The fraction of sp³-hybridized carbons (Fsp3) is 0. The Bertz CT molecular complexity index is 2660. The van der Waals surface area contributed by atoms with Crippen LogP contribution >= 0.6 is 0 Å². The van der Waals surface area contributed by atoms with Crippen LogP contribution in [0.5, 0.6) is 0 Å². The third-order valence-corrected chi connectivity index (χ3v) is 9.96. The number of hydrogen-bond acceptors (Lipinski definition) is 0. The molecule has 0 aliphatic carbocycles. The van der Waals surface area contributed by atoms with Gasteiger partial charge in [-0.2, -0.15) is 0 Å². The Balaban J connectivity index is 1.19. The zero-order valence-electron chi connectivity index (χ0n) is 25.2. The van der Waals surface area contributed by atoms with E-state index < -0.39 is 0 Å². The molecule has 0 saturated carbocycles. The normalized spacial score (nSPS) is 11.9. The molecule has 10 aromatic rings. The summed E-state index contributed by atoms with van der Waals surface area (Å²) in [5.74, 6) is 0. The Morgan fingerprint density at radius 3 is 1.07 bits per heavy atom. The maximum atomic E-state index is 2.39. The van der Waals surface area contributed by atoms with Gasteiger partial charge in [0.15, 0.2) is 0 Å². The van der Waals surface area contributed by atoms with Crippen LogP contribution in [0.3, 0.4) is 0 Å². The Kier molecular flexibility index (Phi) is 5.38. The predicted molar refractivity (Wildman–Crippen MR) is 200 cm³/mol. The fourth-order valence-electron chi connectivity index (χ4n) is 7.82. The highest BCUT2D eigenvalue weighted by Crippen LogP contribution is 2.41. The van der Waals surface area contributed by atoms with Crippen LogP contribution in [0.25, 0.3) is 97.7 Å². The van der Waals surface area contributed by atoms with Crippen molar-refractivity contribution in [2.45, 2.75) is 0 Å². The summed E-state index contributed by atoms with van der Waals surface area (Å²) in [7, 11) is 0. The molecule has 212 valence electrons. The van der Waals surface area contributed by atoms with Gasteiger partial charge in [0.2, 0.25) is 0 Å². The summed E-state index contributed by atoms with van der Waals surface area (Å²) >= 11 is 0. The van der Waals surface area contributed by atoms with Crippen LogP contribution in [0, 0.1) is 0 Å². The molecule has 0 unspecified atom stereocenters. The first-order valence-electron chi connectivity index (χ1n) is 16.0. The molecule has 0 aromatic heterocycles. The quantitative estimate of drug-likeness (QED) is 0.178. The van der Waals surface area contributed by atoms with Crippen molar-refractivity contribution in [3.05, 3.63) is 170 Å². The summed E-state index contributed by atoms with van der Waals surface area (Å²) in [4.78, 5) is 0. The molecular weight excluding hydrogens is 553 g/mol. The van der Waals surface area contributed by atoms with E-state index in [0.29, 0.717) is 0 Å². The SMILES string of the molecule is c1ccc2c(c1)ccc1cc(-c3ccc4ccc(-c5cc6ccc7ccccc7c6c6ccccc56)cc4c3)c3ccccc3c12. The van der Waals surface area contributed by atoms with E-state index in [9.17, 15) is 0 Å². The van der Waals surface area contributed by atoms with E-state index in [-0.39, 0.29) is 0 Å². The molecule has 0 spiro atoms. The van der Waals surface area contributed by atoms with Crippen molar-refractivity contribution in [3.63, 3.8) is 0 Å². The van der Waals surface area contributed by atoms with E-state index in [4.69, 9.17) is 0 Å². The second-order valence-electron chi connectivity index (χ2n) is 12.5. The average molecular weight is 581 g/mol. The van der Waals surface area contributed by atoms with Gasteiger partial charge in [-0.25, -0.2) is 0 Å². The van der Waals surface area contributed by atoms with Crippen LogP contribution in [0.15, 0.2) is 170 Å². The molecular formula is C46H28. The van der Waals surface area contributed by atoms with Gasteiger partial charge >= 0.3 is 0 Å². The van der Waals surface area contributed by atoms with Crippen LogP contribution in [0.2, 0.25) is 0 Å². The van der Waals surface area contributed by atoms with Crippen LogP contribution < -0.4 is 0 Å². The maximum Gasteiger partial charge on any atom is -0.00264 e. The van der Waals surface area contributed by atoms with E-state index in [2.05, 4.69) is 170 Å². The summed E-state index contributed by atoms with van der Waals surface area (Å²) in [6.07, 6.45) is 0. The number of benzene rings is 10. The van der Waals surface area contributed by atoms with Gasteiger partial charge < -0.3 is 0 Å². The van der Waals surface area contributed by atoms with Gasteiger partial charge in [0.05, 0.1) is 0 Å². The maximum absolute atomic E-state index is 2.39. The minimum atomic E-state index is 1.24. The molecule has 0 aliphatic rings. The summed E-state index contributed by atoms with van der Waals surface area (Å²) < 4.78 is 0. The monoisotopic (exact) mass is 580 g/mol. The second-order valence-corrected chi connectivity index (χ2v) is 12.5. The smallest absolute Gasteiger partial charge is 0.00264 e. The van der Waals surface area contributed by atoms with Crippen LogP contribution in [-0.4, -0.2) is 0 Å². The van der Waals surface area contributed by atoms with Crippen LogP contribution in [0.4, 0.5) is 0 Å². The molecule has 0 bridgehead atoms. The lowest BCUT2D eigenvalue weighted by Crippen LogP contribution is -1.88. The first-order valence-corrected chi connectivity index (χ1v) is 16.0. The molecule has 0 amide bonds. The summed E-state index contributed by atoms with van der Waals surface area (Å²) in [6, 6.07) is 62.9. The zero-order valence-corrected chi connectivity index (χ0v) is 25.2. The number of rotatable bonds is 2. The molecule has 0 nitrogen and oxygen atoms in total. The Morgan fingerprint density at radius 1 is 0.217 bits per heavy atom. The number of hydrogen-bond donors (Lipinski definition) is 0. The largest absolute Gasteiger partial charge is 0.0616 e. The Hall–Kier alpha value is -5.98. The lowest BCUT2D eigenvalue weighted by atomic mass is 9.89. The molecule has 10 aromatic carbocycles. The summed E-state index contributed by atoms with van der Waals surface area (Å²) in [5.41, 5.74) is 5.03. The van der Waals surface area contributed by atoms with Crippen LogP contribution in [0.1, 0.15) is 0 Å². The molecule has 0 heterocycles. The van der Waals surface area contributed by atoms with Crippen molar-refractivity contribution in [2.24, 2.45) is 0 Å². The highest BCUT2D eigenvalue weighted by molar-refractivity contribution is 6.24. The van der Waals surface area contributed by atoms with Gasteiger partial charge in [-0.1, -0.05) is 146 Å². The van der Waals surface area contributed by atoms with E-state index in [1.54, 1.807) is 0 Å². The van der Waals surface area contributed by atoms with Gasteiger partial charge in [0.1, 0.15) is 0 Å². The highest BCUT2D eigenvalue weighted by Gasteiger charge is 2.14. The molecule has 10 rings (SSSR count). The van der Waals surface area contributed by atoms with Crippen molar-refractivity contribution in [1.82, 2.24) is 0 Å². The van der Waals surface area contributed by atoms with Gasteiger partial charge in [-0.15, -0.1) is 0 Å². The molecule has 0 heteroatoms. The van der Waals surface area contributed by atoms with E-state index in [0.717, 1.165) is 0 Å². The van der Waals surface area contributed by atoms with Crippen LogP contribution in [-0.2, 0) is 0 Å². The third kappa shape index (κ3) is 3.74. The fourth-order valence-corrected chi connectivity index (χ4v) is 7.82. The molecule has 0 fully saturated rings. The average Bonchev–Trinajstić information content (AvgIpc) is 3.13. The molecule has 0 saturated heterocycles. The van der Waals surface area contributed by atoms with E-state index in [1.807, 2.05) is 0 Å². The summed E-state index contributed by atoms with van der Waals surface area (Å²) in [6.45, 7) is 0. The molecule has 0 aliphatic heterocycles. The van der Waals surface area contributed by atoms with Crippen molar-refractivity contribution >= 4 is 75.4 Å². The first-order chi connectivity index (χ1) is 22.8. The Morgan fingerprint density at radius 2 is 0.587 bits per heavy atom. The lowest BCUT2D eigenvalue weighted by Gasteiger charge is -2.15. The van der Waals surface area contributed by atoms with E-state index >= 15 is 0 Å². The second kappa shape index (κ2) is 9.76. The lowest BCUT2D eigenvalue weighted by molar-refractivity contribution is 1.68. The predicted octanol–water partition coefficient (Wildman–Crippen LogP) is 13.1. The van der Waals surface area contributed by atoms with Gasteiger partial charge in [0, 0.05) is 0 Å². The standard InChI is InChI=1S/C46H28/c1-3-11-37-30(9-1)19-23-34-27-43(39-13-5-7-15-41(39)45(34)37)32-21-17-29-18-22-33(26-36(29)25-32)44-28-35-24-20-31-10-2-4-12-38(31)46(35)42-16-8-6-14-40(42)44/h1-28H. The van der Waals surface area contributed by atoms with Crippen molar-refractivity contribution in [1.29, 1.82) is 0 Å². The topological polar surface area (TPSA) is 0 Å².